The molecule has 1 saturated heterocycles. The molecule has 3 rings (SSSR count). The molecule has 0 bridgehead atoms. The maximum absolute atomic E-state index is 14.5. The Morgan fingerprint density at radius 3 is 2.57 bits per heavy atom. The second-order valence-corrected chi connectivity index (χ2v) is 7.52. The molecule has 0 radical (unpaired) electrons. The summed E-state index contributed by atoms with van der Waals surface area (Å²) in [7, 11) is 1.49. The van der Waals surface area contributed by atoms with E-state index in [9.17, 15) is 9.18 Å². The van der Waals surface area contributed by atoms with Crippen LogP contribution in [0.2, 0.25) is 0 Å². The Bertz CT molecular complexity index is 768. The Balaban J connectivity index is 1.69. The van der Waals surface area contributed by atoms with Crippen LogP contribution < -0.4 is 4.90 Å². The molecule has 2 aromatic rings. The van der Waals surface area contributed by atoms with Crippen molar-refractivity contribution in [3.63, 3.8) is 0 Å². The number of rotatable bonds is 7. The molecular formula is C23H29FN2O2. The van der Waals surface area contributed by atoms with Gasteiger partial charge in [0.05, 0.1) is 5.69 Å². The number of carbonyl (C=O) groups excluding carboxylic acids is 1. The fraction of sp³-hybridized carbons (Fsp3) is 0.435. The average Bonchev–Trinajstić information content (AvgIpc) is 2.70. The smallest absolute Gasteiger partial charge is 0.253 e. The highest BCUT2D eigenvalue weighted by Crippen LogP contribution is 2.29. The summed E-state index contributed by atoms with van der Waals surface area (Å²) < 4.78 is 19.5. The first kappa shape index (κ1) is 20.5. The van der Waals surface area contributed by atoms with Crippen LogP contribution in [0.5, 0.6) is 0 Å². The minimum absolute atomic E-state index is 0.0347. The molecule has 0 aliphatic carbocycles. The van der Waals surface area contributed by atoms with Gasteiger partial charge >= 0.3 is 0 Å². The van der Waals surface area contributed by atoms with Crippen LogP contribution in [0, 0.1) is 11.7 Å². The van der Waals surface area contributed by atoms with Crippen molar-refractivity contribution in [2.75, 3.05) is 38.3 Å². The largest absolute Gasteiger partial charge is 0.375 e. The molecule has 2 aromatic carbocycles. The van der Waals surface area contributed by atoms with Crippen molar-refractivity contribution in [1.29, 1.82) is 0 Å². The van der Waals surface area contributed by atoms with E-state index in [1.807, 2.05) is 6.07 Å². The number of piperidine rings is 1. The van der Waals surface area contributed by atoms with Crippen molar-refractivity contribution in [3.8, 4) is 0 Å². The lowest BCUT2D eigenvalue weighted by atomic mass is 9.91. The van der Waals surface area contributed by atoms with E-state index in [-0.39, 0.29) is 30.3 Å². The van der Waals surface area contributed by atoms with Gasteiger partial charge in [0.25, 0.3) is 5.91 Å². The second kappa shape index (κ2) is 9.80. The first-order chi connectivity index (χ1) is 13.6. The minimum atomic E-state index is -0.370. The van der Waals surface area contributed by atoms with Crippen molar-refractivity contribution in [3.05, 3.63) is 66.0 Å². The summed E-state index contributed by atoms with van der Waals surface area (Å²) in [6, 6.07) is 16.9. The lowest BCUT2D eigenvalue weighted by molar-refractivity contribution is -0.123. The van der Waals surface area contributed by atoms with Gasteiger partial charge in [0.15, 0.2) is 0 Å². The monoisotopic (exact) mass is 384 g/mol. The maximum Gasteiger partial charge on any atom is 0.253 e. The summed E-state index contributed by atoms with van der Waals surface area (Å²) in [4.78, 5) is 16.8. The van der Waals surface area contributed by atoms with Crippen molar-refractivity contribution in [1.82, 2.24) is 4.90 Å². The number of likely N-dealkylation sites (tertiary alicyclic amines) is 1. The van der Waals surface area contributed by atoms with Gasteiger partial charge in [-0.25, -0.2) is 4.39 Å². The molecular weight excluding hydrogens is 355 g/mol. The van der Waals surface area contributed by atoms with E-state index >= 15 is 0 Å². The van der Waals surface area contributed by atoms with Gasteiger partial charge < -0.3 is 14.5 Å². The third-order valence-corrected chi connectivity index (χ3v) is 5.48. The van der Waals surface area contributed by atoms with Crippen molar-refractivity contribution >= 4 is 11.6 Å². The molecule has 2 atom stereocenters. The van der Waals surface area contributed by atoms with E-state index < -0.39 is 0 Å². The number of benzene rings is 2. The van der Waals surface area contributed by atoms with Crippen LogP contribution in [0.3, 0.4) is 0 Å². The van der Waals surface area contributed by atoms with Gasteiger partial charge in [0.1, 0.15) is 12.4 Å². The molecule has 150 valence electrons. The molecule has 4 nitrogen and oxygen atoms in total. The summed E-state index contributed by atoms with van der Waals surface area (Å²) >= 11 is 0. The number of hydrogen-bond acceptors (Lipinski definition) is 3. The molecule has 0 N–H and O–H groups in total. The predicted molar refractivity (Wildman–Crippen MR) is 110 cm³/mol. The fourth-order valence-electron chi connectivity index (χ4n) is 4.08. The number of para-hydroxylation sites is 1. The van der Waals surface area contributed by atoms with Crippen LogP contribution in [-0.2, 0) is 16.0 Å². The van der Waals surface area contributed by atoms with E-state index in [0.29, 0.717) is 5.69 Å². The number of carbonyl (C=O) groups is 1. The Morgan fingerprint density at radius 1 is 1.18 bits per heavy atom. The van der Waals surface area contributed by atoms with Crippen molar-refractivity contribution in [2.45, 2.75) is 25.8 Å². The maximum atomic E-state index is 14.5. The number of methoxy groups -OCH3 is 1. The molecule has 1 fully saturated rings. The lowest BCUT2D eigenvalue weighted by Crippen LogP contribution is -2.53. The number of halogens is 1. The van der Waals surface area contributed by atoms with Gasteiger partial charge in [0.2, 0.25) is 0 Å². The summed E-state index contributed by atoms with van der Waals surface area (Å²) in [6.45, 7) is 4.88. The highest BCUT2D eigenvalue weighted by molar-refractivity contribution is 5.95. The molecule has 0 spiro atoms. The van der Waals surface area contributed by atoms with Crippen molar-refractivity contribution < 1.29 is 13.9 Å². The summed E-state index contributed by atoms with van der Waals surface area (Å²) in [5.41, 5.74) is 1.68. The van der Waals surface area contributed by atoms with E-state index in [1.165, 1.54) is 18.7 Å². The lowest BCUT2D eigenvalue weighted by Gasteiger charge is -2.42. The highest BCUT2D eigenvalue weighted by Gasteiger charge is 2.35. The topological polar surface area (TPSA) is 32.8 Å². The van der Waals surface area contributed by atoms with E-state index in [4.69, 9.17) is 4.74 Å². The second-order valence-electron chi connectivity index (χ2n) is 7.52. The zero-order valence-corrected chi connectivity index (χ0v) is 16.7. The summed E-state index contributed by atoms with van der Waals surface area (Å²) in [5.74, 6) is -0.321. The van der Waals surface area contributed by atoms with Gasteiger partial charge in [-0.15, -0.1) is 0 Å². The first-order valence-corrected chi connectivity index (χ1v) is 9.92. The van der Waals surface area contributed by atoms with Crippen LogP contribution in [0.15, 0.2) is 54.6 Å². The number of amides is 1. The number of nitrogens with zero attached hydrogens (tertiary/aromatic N) is 2. The van der Waals surface area contributed by atoms with E-state index in [2.05, 4.69) is 36.1 Å². The molecule has 1 aliphatic heterocycles. The molecule has 0 saturated carbocycles. The fourth-order valence-corrected chi connectivity index (χ4v) is 4.08. The average molecular weight is 384 g/mol. The molecule has 0 aromatic heterocycles. The third-order valence-electron chi connectivity index (χ3n) is 5.48. The number of ether oxygens (including phenoxy) is 1. The molecule has 28 heavy (non-hydrogen) atoms. The van der Waals surface area contributed by atoms with Gasteiger partial charge in [-0.3, -0.25) is 4.79 Å². The van der Waals surface area contributed by atoms with Crippen molar-refractivity contribution in [2.24, 2.45) is 5.92 Å². The molecule has 5 heteroatoms. The third kappa shape index (κ3) is 4.97. The van der Waals surface area contributed by atoms with Crippen LogP contribution in [0.25, 0.3) is 0 Å². The van der Waals surface area contributed by atoms with Crippen LogP contribution in [0.4, 0.5) is 10.1 Å². The van der Waals surface area contributed by atoms with Gasteiger partial charge in [-0.05, 0) is 36.5 Å². The highest BCUT2D eigenvalue weighted by atomic mass is 19.1. The normalized spacial score (nSPS) is 20.1. The molecule has 1 heterocycles. The van der Waals surface area contributed by atoms with Gasteiger partial charge in [-0.2, -0.15) is 0 Å². The van der Waals surface area contributed by atoms with E-state index in [1.54, 1.807) is 23.1 Å². The van der Waals surface area contributed by atoms with Crippen LogP contribution >= 0.6 is 0 Å². The molecule has 0 unspecified atom stereocenters. The number of anilines is 1. The Kier molecular flexibility index (Phi) is 7.18. The molecule has 1 aliphatic rings. The Morgan fingerprint density at radius 2 is 1.89 bits per heavy atom. The quantitative estimate of drug-likeness (QED) is 0.729. The zero-order chi connectivity index (χ0) is 19.9. The Labute approximate surface area is 166 Å². The summed E-state index contributed by atoms with van der Waals surface area (Å²) in [5, 5.41) is 0. The van der Waals surface area contributed by atoms with Gasteiger partial charge in [-0.1, -0.05) is 49.4 Å². The Hall–Kier alpha value is -2.24. The van der Waals surface area contributed by atoms with Gasteiger partial charge in [0, 0.05) is 32.8 Å². The minimum Gasteiger partial charge on any atom is -0.375 e. The number of hydrogen-bond donors (Lipinski definition) is 0. The summed E-state index contributed by atoms with van der Waals surface area (Å²) in [6.07, 6.45) is 1.83. The predicted octanol–water partition coefficient (Wildman–Crippen LogP) is 3.76. The van der Waals surface area contributed by atoms with Crippen LogP contribution in [-0.4, -0.2) is 50.2 Å². The van der Waals surface area contributed by atoms with E-state index in [0.717, 1.165) is 32.5 Å². The van der Waals surface area contributed by atoms with Crippen LogP contribution in [0.1, 0.15) is 18.9 Å². The zero-order valence-electron chi connectivity index (χ0n) is 16.7. The first-order valence-electron chi connectivity index (χ1n) is 9.92. The molecule has 1 amide bonds. The SMILES string of the molecule is COCC(=O)N(c1ccccc1F)[C@H]1CCN(CCc2ccccc2)C[C@@H]1C. The standard InChI is InChI=1S/C23H29FN2O2/c1-18-16-25(14-12-19-8-4-3-5-9-19)15-13-21(18)26(23(27)17-28-2)22-11-7-6-10-20(22)24/h3-11,18,21H,12-17H2,1-2H3/t18-,21-/m0/s1.